The maximum Gasteiger partial charge on any atom is 0.263 e. The summed E-state index contributed by atoms with van der Waals surface area (Å²) in [6.07, 6.45) is 1.57. The summed E-state index contributed by atoms with van der Waals surface area (Å²) >= 11 is 2.75. The topological polar surface area (TPSA) is 71.8 Å². The minimum atomic E-state index is -0.0961. The normalized spacial score (nSPS) is 10.9. The van der Waals surface area contributed by atoms with Crippen LogP contribution in [0.5, 0.6) is 0 Å². The molecule has 3 heterocycles. The molecule has 21 heavy (non-hydrogen) atoms. The van der Waals surface area contributed by atoms with E-state index in [1.54, 1.807) is 16.9 Å². The molecule has 0 bridgehead atoms. The highest BCUT2D eigenvalue weighted by Crippen LogP contribution is 2.24. The highest BCUT2D eigenvalue weighted by atomic mass is 32.2. The van der Waals surface area contributed by atoms with Gasteiger partial charge in [-0.2, -0.15) is 5.26 Å². The quantitative estimate of drug-likeness (QED) is 0.546. The molecular weight excluding hydrogens is 306 g/mol. The van der Waals surface area contributed by atoms with E-state index in [1.807, 2.05) is 19.1 Å². The number of thioether (sulfide) groups is 1. The van der Waals surface area contributed by atoms with Gasteiger partial charge in [0.1, 0.15) is 10.6 Å². The van der Waals surface area contributed by atoms with Crippen LogP contribution in [0.2, 0.25) is 0 Å². The molecule has 0 spiro atoms. The summed E-state index contributed by atoms with van der Waals surface area (Å²) in [5.74, 6) is 0.935. The van der Waals surface area contributed by atoms with Gasteiger partial charge in [-0.15, -0.1) is 11.3 Å². The maximum atomic E-state index is 12.6. The zero-order valence-corrected chi connectivity index (χ0v) is 12.8. The molecule has 0 unspecified atom stereocenters. The van der Waals surface area contributed by atoms with Gasteiger partial charge < -0.3 is 4.42 Å². The Bertz CT molecular complexity index is 872. The van der Waals surface area contributed by atoms with Gasteiger partial charge in [0.25, 0.3) is 5.56 Å². The molecule has 106 valence electrons. The van der Waals surface area contributed by atoms with E-state index < -0.39 is 0 Å². The lowest BCUT2D eigenvalue weighted by molar-refractivity contribution is 0.477. The Kier molecular flexibility index (Phi) is 3.82. The minimum Gasteiger partial charge on any atom is -0.467 e. The van der Waals surface area contributed by atoms with Crippen molar-refractivity contribution >= 4 is 33.3 Å². The molecule has 0 aliphatic rings. The molecule has 0 saturated heterocycles. The number of fused-ring (bicyclic) bond motifs is 1. The van der Waals surface area contributed by atoms with Crippen molar-refractivity contribution in [1.29, 1.82) is 5.26 Å². The first-order valence-corrected chi connectivity index (χ1v) is 8.02. The number of nitriles is 1. The molecule has 5 nitrogen and oxygen atoms in total. The van der Waals surface area contributed by atoms with E-state index in [0.29, 0.717) is 27.7 Å². The van der Waals surface area contributed by atoms with Crippen molar-refractivity contribution in [3.8, 4) is 6.07 Å². The first-order valence-electron chi connectivity index (χ1n) is 6.22. The monoisotopic (exact) mass is 317 g/mol. The fraction of sp³-hybridized carbons (Fsp3) is 0.214. The van der Waals surface area contributed by atoms with Gasteiger partial charge in [-0.25, -0.2) is 4.98 Å². The number of hydrogen-bond donors (Lipinski definition) is 0. The van der Waals surface area contributed by atoms with Crippen LogP contribution in [-0.2, 0) is 6.54 Å². The van der Waals surface area contributed by atoms with Crippen LogP contribution >= 0.6 is 23.1 Å². The van der Waals surface area contributed by atoms with Crippen molar-refractivity contribution in [3.63, 3.8) is 0 Å². The van der Waals surface area contributed by atoms with Crippen LogP contribution in [0.25, 0.3) is 10.2 Å². The third-order valence-electron chi connectivity index (χ3n) is 2.90. The Morgan fingerprint density at radius 3 is 3.14 bits per heavy atom. The zero-order valence-electron chi connectivity index (χ0n) is 11.2. The van der Waals surface area contributed by atoms with Gasteiger partial charge in [-0.05, 0) is 25.1 Å². The maximum absolute atomic E-state index is 12.6. The van der Waals surface area contributed by atoms with Crippen LogP contribution in [0.1, 0.15) is 10.6 Å². The van der Waals surface area contributed by atoms with Crippen molar-refractivity contribution in [2.75, 3.05) is 5.75 Å². The predicted molar refractivity (Wildman–Crippen MR) is 82.8 cm³/mol. The Labute approximate surface area is 128 Å². The van der Waals surface area contributed by atoms with Crippen LogP contribution in [-0.4, -0.2) is 15.3 Å². The fourth-order valence-corrected chi connectivity index (χ4v) is 3.60. The van der Waals surface area contributed by atoms with E-state index in [1.165, 1.54) is 23.1 Å². The number of aryl methyl sites for hydroxylation is 1. The van der Waals surface area contributed by atoms with Gasteiger partial charge in [0.15, 0.2) is 5.16 Å². The second-order valence-corrected chi connectivity index (χ2v) is 6.56. The van der Waals surface area contributed by atoms with E-state index in [2.05, 4.69) is 11.1 Å². The Morgan fingerprint density at radius 2 is 2.43 bits per heavy atom. The van der Waals surface area contributed by atoms with Gasteiger partial charge in [0.05, 0.1) is 30.0 Å². The number of aromatic nitrogens is 2. The number of rotatable bonds is 4. The molecule has 0 radical (unpaired) electrons. The van der Waals surface area contributed by atoms with Crippen molar-refractivity contribution < 1.29 is 4.42 Å². The summed E-state index contributed by atoms with van der Waals surface area (Å²) in [5, 5.41) is 9.92. The van der Waals surface area contributed by atoms with Crippen molar-refractivity contribution in [1.82, 2.24) is 9.55 Å². The minimum absolute atomic E-state index is 0.0961. The lowest BCUT2D eigenvalue weighted by atomic mass is 10.3. The van der Waals surface area contributed by atoms with Crippen LogP contribution in [0.3, 0.4) is 0 Å². The van der Waals surface area contributed by atoms with Crippen LogP contribution < -0.4 is 5.56 Å². The number of furan rings is 1. The summed E-state index contributed by atoms with van der Waals surface area (Å²) in [5.41, 5.74) is -0.0961. The molecule has 0 atom stereocenters. The first-order chi connectivity index (χ1) is 10.2. The van der Waals surface area contributed by atoms with Gasteiger partial charge in [-0.1, -0.05) is 11.8 Å². The van der Waals surface area contributed by atoms with Gasteiger partial charge in [0.2, 0.25) is 0 Å². The SMILES string of the molecule is Cc1cc2c(=O)n(Cc3ccco3)c(SCC#N)nc2s1. The van der Waals surface area contributed by atoms with Crippen LogP contribution in [0.15, 0.2) is 38.8 Å². The molecule has 0 saturated carbocycles. The van der Waals surface area contributed by atoms with E-state index in [4.69, 9.17) is 9.68 Å². The van der Waals surface area contributed by atoms with Crippen LogP contribution in [0.4, 0.5) is 0 Å². The van der Waals surface area contributed by atoms with E-state index in [-0.39, 0.29) is 11.3 Å². The number of hydrogen-bond acceptors (Lipinski definition) is 6. The highest BCUT2D eigenvalue weighted by molar-refractivity contribution is 7.99. The second-order valence-electron chi connectivity index (χ2n) is 4.39. The Hall–Kier alpha value is -2.04. The largest absolute Gasteiger partial charge is 0.467 e. The highest BCUT2D eigenvalue weighted by Gasteiger charge is 2.14. The zero-order chi connectivity index (χ0) is 14.8. The average Bonchev–Trinajstić information content (AvgIpc) is 3.09. The van der Waals surface area contributed by atoms with E-state index in [9.17, 15) is 4.79 Å². The van der Waals surface area contributed by atoms with E-state index in [0.717, 1.165) is 4.88 Å². The summed E-state index contributed by atoms with van der Waals surface area (Å²) in [4.78, 5) is 18.9. The van der Waals surface area contributed by atoms with Gasteiger partial charge in [-0.3, -0.25) is 9.36 Å². The summed E-state index contributed by atoms with van der Waals surface area (Å²) in [7, 11) is 0. The molecular formula is C14H11N3O2S2. The molecule has 0 aliphatic heterocycles. The van der Waals surface area contributed by atoms with Gasteiger partial charge in [0, 0.05) is 4.88 Å². The number of thiophene rings is 1. The molecule has 0 fully saturated rings. The molecule has 3 rings (SSSR count). The molecule has 7 heteroatoms. The van der Waals surface area contributed by atoms with Crippen molar-refractivity contribution in [3.05, 3.63) is 45.5 Å². The van der Waals surface area contributed by atoms with Crippen molar-refractivity contribution in [2.45, 2.75) is 18.6 Å². The lowest BCUT2D eigenvalue weighted by Gasteiger charge is -2.09. The fourth-order valence-electron chi connectivity index (χ4n) is 2.02. The smallest absolute Gasteiger partial charge is 0.263 e. The Morgan fingerprint density at radius 1 is 1.57 bits per heavy atom. The Balaban J connectivity index is 2.15. The lowest BCUT2D eigenvalue weighted by Crippen LogP contribution is -2.23. The summed E-state index contributed by atoms with van der Waals surface area (Å²) < 4.78 is 6.87. The average molecular weight is 317 g/mol. The van der Waals surface area contributed by atoms with Crippen molar-refractivity contribution in [2.24, 2.45) is 0 Å². The predicted octanol–water partition coefficient (Wildman–Crippen LogP) is 3.02. The molecule has 0 aromatic carbocycles. The van der Waals surface area contributed by atoms with E-state index >= 15 is 0 Å². The standard InChI is InChI=1S/C14H11N3O2S2/c1-9-7-11-12(21-9)16-14(20-6-4-15)17(13(11)18)8-10-3-2-5-19-10/h2-3,5,7H,6,8H2,1H3. The molecule has 3 aromatic heterocycles. The molecule has 3 aromatic rings. The van der Waals surface area contributed by atoms with Gasteiger partial charge >= 0.3 is 0 Å². The molecule has 0 N–H and O–H groups in total. The molecule has 0 amide bonds. The van der Waals surface area contributed by atoms with Crippen LogP contribution in [0, 0.1) is 18.3 Å². The third kappa shape index (κ3) is 2.73. The summed E-state index contributed by atoms with van der Waals surface area (Å²) in [6, 6.07) is 7.51. The molecule has 0 aliphatic carbocycles. The third-order valence-corrected chi connectivity index (χ3v) is 4.69. The second kappa shape index (κ2) is 5.76. The summed E-state index contributed by atoms with van der Waals surface area (Å²) in [6.45, 7) is 2.27. The number of nitrogens with zero attached hydrogens (tertiary/aromatic N) is 3. The first kappa shape index (κ1) is 13.9.